The van der Waals surface area contributed by atoms with Crippen LogP contribution in [0.5, 0.6) is 0 Å². The zero-order chi connectivity index (χ0) is 14.1. The highest BCUT2D eigenvalue weighted by molar-refractivity contribution is 5.77. The Balaban J connectivity index is 3.23. The highest BCUT2D eigenvalue weighted by atomic mass is 19.2. The Morgan fingerprint density at radius 2 is 1.83 bits per heavy atom. The van der Waals surface area contributed by atoms with Gasteiger partial charge in [-0.15, -0.1) is 0 Å². The van der Waals surface area contributed by atoms with E-state index in [4.69, 9.17) is 5.73 Å². The lowest BCUT2D eigenvalue weighted by Gasteiger charge is -2.29. The molecule has 0 aliphatic rings. The third-order valence-electron chi connectivity index (χ3n) is 2.89. The van der Waals surface area contributed by atoms with E-state index in [1.54, 1.807) is 0 Å². The van der Waals surface area contributed by atoms with Crippen LogP contribution >= 0.6 is 0 Å². The average molecular weight is 261 g/mol. The maximum Gasteiger partial charge on any atom is 0.313 e. The summed E-state index contributed by atoms with van der Waals surface area (Å²) in [5, 5.41) is 0. The molecule has 3 nitrogen and oxygen atoms in total. The Labute approximate surface area is 103 Å². The van der Waals surface area contributed by atoms with Gasteiger partial charge in [0.05, 0.1) is 12.5 Å². The van der Waals surface area contributed by atoms with Gasteiger partial charge in [0, 0.05) is 11.6 Å². The molecular weight excluding hydrogens is 247 g/mol. The van der Waals surface area contributed by atoms with Gasteiger partial charge in [-0.3, -0.25) is 4.79 Å². The van der Waals surface area contributed by atoms with Gasteiger partial charge in [0.1, 0.15) is 0 Å². The van der Waals surface area contributed by atoms with Crippen molar-refractivity contribution >= 4 is 5.97 Å². The van der Waals surface area contributed by atoms with Crippen molar-refractivity contribution in [3.05, 3.63) is 35.1 Å². The van der Waals surface area contributed by atoms with Gasteiger partial charge in [-0.2, -0.15) is 0 Å². The third-order valence-corrected chi connectivity index (χ3v) is 2.89. The van der Waals surface area contributed by atoms with Crippen molar-refractivity contribution in [3.63, 3.8) is 0 Å². The number of ether oxygens (including phenoxy) is 1. The maximum atomic E-state index is 13.6. The highest BCUT2D eigenvalue weighted by Gasteiger charge is 2.38. The molecule has 1 aromatic rings. The minimum absolute atomic E-state index is 0.274. The van der Waals surface area contributed by atoms with E-state index in [0.717, 1.165) is 12.1 Å². The minimum Gasteiger partial charge on any atom is -0.469 e. The van der Waals surface area contributed by atoms with Gasteiger partial charge in [0.15, 0.2) is 17.5 Å². The molecule has 0 aliphatic heterocycles. The van der Waals surface area contributed by atoms with Gasteiger partial charge < -0.3 is 10.5 Å². The lowest BCUT2D eigenvalue weighted by Crippen LogP contribution is -2.38. The lowest BCUT2D eigenvalue weighted by molar-refractivity contribution is -0.152. The van der Waals surface area contributed by atoms with E-state index >= 15 is 0 Å². The highest BCUT2D eigenvalue weighted by Crippen LogP contribution is 2.34. The van der Waals surface area contributed by atoms with Crippen LogP contribution in [0.2, 0.25) is 0 Å². The Morgan fingerprint density at radius 1 is 1.28 bits per heavy atom. The second kappa shape index (κ2) is 4.97. The van der Waals surface area contributed by atoms with Gasteiger partial charge in [0.25, 0.3) is 0 Å². The fourth-order valence-corrected chi connectivity index (χ4v) is 1.56. The molecule has 0 bridgehead atoms. The summed E-state index contributed by atoms with van der Waals surface area (Å²) in [6.45, 7) is 2.87. The van der Waals surface area contributed by atoms with E-state index in [9.17, 15) is 18.0 Å². The fourth-order valence-electron chi connectivity index (χ4n) is 1.56. The summed E-state index contributed by atoms with van der Waals surface area (Å²) >= 11 is 0. The van der Waals surface area contributed by atoms with E-state index in [1.165, 1.54) is 21.0 Å². The molecule has 1 rings (SSSR count). The Hall–Kier alpha value is -1.56. The molecule has 0 amide bonds. The van der Waals surface area contributed by atoms with Crippen LogP contribution in [0.15, 0.2) is 12.1 Å². The van der Waals surface area contributed by atoms with Crippen LogP contribution in [0, 0.1) is 22.9 Å². The second-order valence-electron chi connectivity index (χ2n) is 4.46. The molecule has 0 spiro atoms. The van der Waals surface area contributed by atoms with Crippen molar-refractivity contribution in [3.8, 4) is 0 Å². The Kier molecular flexibility index (Phi) is 4.01. The quantitative estimate of drug-likeness (QED) is 0.671. The molecule has 0 aromatic heterocycles. The predicted octanol–water partition coefficient (Wildman–Crippen LogP) is 2.30. The minimum atomic E-state index is -1.61. The lowest BCUT2D eigenvalue weighted by atomic mass is 9.81. The molecule has 0 aliphatic carbocycles. The normalized spacial score (nSPS) is 13.3. The van der Waals surface area contributed by atoms with Crippen molar-refractivity contribution in [2.75, 3.05) is 7.11 Å². The summed E-state index contributed by atoms with van der Waals surface area (Å²) in [7, 11) is 1.17. The molecule has 6 heteroatoms. The van der Waals surface area contributed by atoms with Crippen molar-refractivity contribution < 1.29 is 22.7 Å². The molecule has 18 heavy (non-hydrogen) atoms. The zero-order valence-corrected chi connectivity index (χ0v) is 10.3. The van der Waals surface area contributed by atoms with Crippen molar-refractivity contribution in [1.82, 2.24) is 0 Å². The van der Waals surface area contributed by atoms with Gasteiger partial charge in [-0.05, 0) is 19.9 Å². The van der Waals surface area contributed by atoms with E-state index in [2.05, 4.69) is 4.74 Å². The van der Waals surface area contributed by atoms with Gasteiger partial charge >= 0.3 is 5.97 Å². The fraction of sp³-hybridized carbons (Fsp3) is 0.417. The number of halogens is 3. The number of esters is 1. The molecule has 0 unspecified atom stereocenters. The van der Waals surface area contributed by atoms with Crippen LogP contribution in [-0.4, -0.2) is 13.1 Å². The van der Waals surface area contributed by atoms with Crippen LogP contribution in [-0.2, 0) is 9.53 Å². The van der Waals surface area contributed by atoms with E-state index < -0.39 is 34.9 Å². The molecule has 0 heterocycles. The Morgan fingerprint density at radius 3 is 2.33 bits per heavy atom. The summed E-state index contributed by atoms with van der Waals surface area (Å²) in [4.78, 5) is 11.5. The predicted molar refractivity (Wildman–Crippen MR) is 59.0 cm³/mol. The summed E-state index contributed by atoms with van der Waals surface area (Å²) < 4.78 is 44.0. The van der Waals surface area contributed by atoms with Crippen molar-refractivity contribution in [1.29, 1.82) is 0 Å². The largest absolute Gasteiger partial charge is 0.469 e. The number of nitrogens with two attached hydrogens (primary N) is 1. The number of methoxy groups -OCH3 is 1. The van der Waals surface area contributed by atoms with Crippen molar-refractivity contribution in [2.45, 2.75) is 19.9 Å². The second-order valence-corrected chi connectivity index (χ2v) is 4.46. The number of carbonyl (C=O) groups is 1. The molecule has 0 fully saturated rings. The van der Waals surface area contributed by atoms with Crippen LogP contribution in [0.4, 0.5) is 13.2 Å². The first-order chi connectivity index (χ1) is 8.23. The standard InChI is InChI=1S/C12H14F3NO2/c1-12(2,11(17)18-3)10(16)6-4-5-7(13)9(15)8(6)14/h4-5,10H,16H2,1-3H3/t10-/m1/s1. The molecule has 1 atom stereocenters. The van der Waals surface area contributed by atoms with Gasteiger partial charge in [-0.1, -0.05) is 6.07 Å². The summed E-state index contributed by atoms with van der Waals surface area (Å²) in [6.07, 6.45) is 0. The van der Waals surface area contributed by atoms with Gasteiger partial charge in [0.2, 0.25) is 0 Å². The molecule has 100 valence electrons. The molecule has 2 N–H and O–H groups in total. The summed E-state index contributed by atoms with van der Waals surface area (Å²) in [5.74, 6) is -4.97. The van der Waals surface area contributed by atoms with Crippen molar-refractivity contribution in [2.24, 2.45) is 11.1 Å². The molecule has 0 saturated carbocycles. The average Bonchev–Trinajstić information content (AvgIpc) is 2.34. The van der Waals surface area contributed by atoms with Gasteiger partial charge in [-0.25, -0.2) is 13.2 Å². The van der Waals surface area contributed by atoms with Crippen LogP contribution in [0.3, 0.4) is 0 Å². The number of benzene rings is 1. The number of hydrogen-bond acceptors (Lipinski definition) is 3. The topological polar surface area (TPSA) is 52.3 Å². The zero-order valence-electron chi connectivity index (χ0n) is 10.3. The van der Waals surface area contributed by atoms with E-state index in [-0.39, 0.29) is 5.56 Å². The first kappa shape index (κ1) is 14.5. The third kappa shape index (κ3) is 2.33. The first-order valence-corrected chi connectivity index (χ1v) is 5.20. The van der Waals surface area contributed by atoms with Crippen LogP contribution in [0.1, 0.15) is 25.5 Å². The molecule has 1 aromatic carbocycles. The smallest absolute Gasteiger partial charge is 0.313 e. The molecular formula is C12H14F3NO2. The number of rotatable bonds is 3. The Bertz CT molecular complexity index is 475. The first-order valence-electron chi connectivity index (χ1n) is 5.20. The maximum absolute atomic E-state index is 13.6. The summed E-state index contributed by atoms with van der Waals surface area (Å²) in [5.41, 5.74) is 4.20. The molecule has 0 saturated heterocycles. The SMILES string of the molecule is COC(=O)C(C)(C)[C@H](N)c1ccc(F)c(F)c1F. The number of carbonyl (C=O) groups excluding carboxylic acids is 1. The monoisotopic (exact) mass is 261 g/mol. The van der Waals surface area contributed by atoms with Crippen LogP contribution < -0.4 is 5.73 Å². The summed E-state index contributed by atoms with van der Waals surface area (Å²) in [6, 6.07) is 0.629. The van der Waals surface area contributed by atoms with E-state index in [1.807, 2.05) is 0 Å². The van der Waals surface area contributed by atoms with E-state index in [0.29, 0.717) is 0 Å². The van der Waals surface area contributed by atoms with Crippen LogP contribution in [0.25, 0.3) is 0 Å². The molecule has 0 radical (unpaired) electrons. The number of hydrogen-bond donors (Lipinski definition) is 1.